The summed E-state index contributed by atoms with van der Waals surface area (Å²) in [6.07, 6.45) is 0. The standard InChI is InChI=1S/C17H24N4O2/c1-6-21(7-2)12-8-9-13(14(22)10-12)18-19-16-11-15(23-20-16)17(3,4)5/h8-11,22H,6-7H2,1-5H3. The summed E-state index contributed by atoms with van der Waals surface area (Å²) in [5, 5.41) is 22.1. The zero-order chi connectivity index (χ0) is 17.0. The molecular weight excluding hydrogens is 292 g/mol. The largest absolute Gasteiger partial charge is 0.506 e. The van der Waals surface area contributed by atoms with Gasteiger partial charge >= 0.3 is 0 Å². The summed E-state index contributed by atoms with van der Waals surface area (Å²) in [5.41, 5.74) is 1.23. The highest BCUT2D eigenvalue weighted by Gasteiger charge is 2.19. The Balaban J connectivity index is 2.18. The molecule has 2 rings (SSSR count). The molecule has 0 aliphatic heterocycles. The number of hydrogen-bond donors (Lipinski definition) is 1. The van der Waals surface area contributed by atoms with Crippen molar-refractivity contribution in [1.82, 2.24) is 5.16 Å². The lowest BCUT2D eigenvalue weighted by Crippen LogP contribution is -2.21. The Bertz CT molecular complexity index is 682. The fourth-order valence-electron chi connectivity index (χ4n) is 2.15. The van der Waals surface area contributed by atoms with E-state index in [9.17, 15) is 5.11 Å². The highest BCUT2D eigenvalue weighted by Crippen LogP contribution is 2.32. The number of anilines is 1. The summed E-state index contributed by atoms with van der Waals surface area (Å²) in [4.78, 5) is 2.15. The van der Waals surface area contributed by atoms with E-state index in [1.165, 1.54) is 0 Å². The molecule has 6 nitrogen and oxygen atoms in total. The number of benzene rings is 1. The molecule has 0 atom stereocenters. The van der Waals surface area contributed by atoms with Crippen LogP contribution in [0.1, 0.15) is 40.4 Å². The van der Waals surface area contributed by atoms with Gasteiger partial charge < -0.3 is 14.5 Å². The van der Waals surface area contributed by atoms with Crippen LogP contribution in [-0.2, 0) is 5.41 Å². The third-order valence-corrected chi connectivity index (χ3v) is 3.58. The molecule has 1 heterocycles. The molecule has 1 aromatic heterocycles. The van der Waals surface area contributed by atoms with Gasteiger partial charge in [0.2, 0.25) is 5.82 Å². The molecule has 6 heteroatoms. The highest BCUT2D eigenvalue weighted by atomic mass is 16.5. The summed E-state index contributed by atoms with van der Waals surface area (Å²) in [7, 11) is 0. The molecule has 2 aromatic rings. The van der Waals surface area contributed by atoms with Gasteiger partial charge in [-0.2, -0.15) is 0 Å². The van der Waals surface area contributed by atoms with Crippen molar-refractivity contribution < 1.29 is 9.63 Å². The average Bonchev–Trinajstić information content (AvgIpc) is 2.97. The van der Waals surface area contributed by atoms with E-state index in [2.05, 4.69) is 34.1 Å². The Kier molecular flexibility index (Phi) is 5.03. The van der Waals surface area contributed by atoms with Crippen molar-refractivity contribution in [3.05, 3.63) is 30.0 Å². The fraction of sp³-hybridized carbons (Fsp3) is 0.471. The Morgan fingerprint density at radius 1 is 1.13 bits per heavy atom. The number of phenolic OH excluding ortho intramolecular Hbond substituents is 1. The third-order valence-electron chi connectivity index (χ3n) is 3.58. The van der Waals surface area contributed by atoms with E-state index >= 15 is 0 Å². The van der Waals surface area contributed by atoms with Gasteiger partial charge in [0.15, 0.2) is 0 Å². The van der Waals surface area contributed by atoms with Crippen molar-refractivity contribution in [2.45, 2.75) is 40.0 Å². The normalized spacial score (nSPS) is 12.0. The monoisotopic (exact) mass is 316 g/mol. The zero-order valence-corrected chi connectivity index (χ0v) is 14.4. The van der Waals surface area contributed by atoms with Gasteiger partial charge in [-0.05, 0) is 26.0 Å². The smallest absolute Gasteiger partial charge is 0.217 e. The maximum Gasteiger partial charge on any atom is 0.217 e. The predicted octanol–water partition coefficient (Wildman–Crippen LogP) is 4.94. The summed E-state index contributed by atoms with van der Waals surface area (Å²) in [6.45, 7) is 12.0. The van der Waals surface area contributed by atoms with Crippen LogP contribution in [0.4, 0.5) is 17.2 Å². The Labute approximate surface area is 136 Å². The first-order valence-electron chi connectivity index (χ1n) is 7.82. The lowest BCUT2D eigenvalue weighted by atomic mass is 9.93. The van der Waals surface area contributed by atoms with Crippen molar-refractivity contribution in [2.24, 2.45) is 10.2 Å². The van der Waals surface area contributed by atoms with Crippen LogP contribution < -0.4 is 4.90 Å². The highest BCUT2D eigenvalue weighted by molar-refractivity contribution is 5.61. The third kappa shape index (κ3) is 4.09. The van der Waals surface area contributed by atoms with Crippen molar-refractivity contribution in [3.8, 4) is 5.75 Å². The Morgan fingerprint density at radius 3 is 2.35 bits per heavy atom. The molecule has 0 aliphatic rings. The van der Waals surface area contributed by atoms with Gasteiger partial charge in [-0.3, -0.25) is 0 Å². The quantitative estimate of drug-likeness (QED) is 0.793. The first kappa shape index (κ1) is 17.0. The first-order valence-corrected chi connectivity index (χ1v) is 7.82. The number of azo groups is 1. The van der Waals surface area contributed by atoms with Crippen LogP contribution in [0.2, 0.25) is 0 Å². The van der Waals surface area contributed by atoms with E-state index in [0.29, 0.717) is 11.5 Å². The maximum absolute atomic E-state index is 10.1. The molecule has 0 aliphatic carbocycles. The van der Waals surface area contributed by atoms with Crippen LogP contribution in [0, 0.1) is 0 Å². The lowest BCUT2D eigenvalue weighted by Gasteiger charge is -2.21. The first-order chi connectivity index (χ1) is 10.8. The second-order valence-electron chi connectivity index (χ2n) is 6.34. The van der Waals surface area contributed by atoms with Crippen LogP contribution >= 0.6 is 0 Å². The summed E-state index contributed by atoms with van der Waals surface area (Å²) in [6, 6.07) is 7.12. The van der Waals surface area contributed by atoms with Gasteiger partial charge in [-0.15, -0.1) is 10.2 Å². The molecular formula is C17H24N4O2. The van der Waals surface area contributed by atoms with Crippen molar-refractivity contribution in [1.29, 1.82) is 0 Å². The molecule has 0 saturated carbocycles. The van der Waals surface area contributed by atoms with Crippen LogP contribution in [0.25, 0.3) is 0 Å². The number of aromatic nitrogens is 1. The van der Waals surface area contributed by atoms with Crippen molar-refractivity contribution >= 4 is 17.2 Å². The molecule has 124 valence electrons. The number of hydrogen-bond acceptors (Lipinski definition) is 6. The second-order valence-corrected chi connectivity index (χ2v) is 6.34. The average molecular weight is 316 g/mol. The SMILES string of the molecule is CCN(CC)c1ccc(N=Nc2cc(C(C)(C)C)on2)c(O)c1. The summed E-state index contributed by atoms with van der Waals surface area (Å²) in [5.74, 6) is 1.23. The predicted molar refractivity (Wildman–Crippen MR) is 91.0 cm³/mol. The molecule has 0 spiro atoms. The molecule has 0 amide bonds. The summed E-state index contributed by atoms with van der Waals surface area (Å²) < 4.78 is 5.25. The minimum Gasteiger partial charge on any atom is -0.506 e. The summed E-state index contributed by atoms with van der Waals surface area (Å²) >= 11 is 0. The number of nitrogens with zero attached hydrogens (tertiary/aromatic N) is 4. The molecule has 0 fully saturated rings. The van der Waals surface area contributed by atoms with Gasteiger partial charge in [0.05, 0.1) is 0 Å². The van der Waals surface area contributed by atoms with Gasteiger partial charge in [-0.25, -0.2) is 0 Å². The second kappa shape index (κ2) is 6.81. The number of rotatable bonds is 5. The molecule has 1 N–H and O–H groups in total. The zero-order valence-electron chi connectivity index (χ0n) is 14.4. The van der Waals surface area contributed by atoms with Crippen LogP contribution in [0.3, 0.4) is 0 Å². The minimum atomic E-state index is -0.131. The molecule has 23 heavy (non-hydrogen) atoms. The maximum atomic E-state index is 10.1. The molecule has 0 unspecified atom stereocenters. The van der Waals surface area contributed by atoms with Crippen molar-refractivity contribution in [2.75, 3.05) is 18.0 Å². The van der Waals surface area contributed by atoms with E-state index in [0.717, 1.165) is 24.5 Å². The topological polar surface area (TPSA) is 74.2 Å². The molecule has 0 bridgehead atoms. The van der Waals surface area contributed by atoms with E-state index in [1.54, 1.807) is 18.2 Å². The van der Waals surface area contributed by atoms with Gasteiger partial charge in [-0.1, -0.05) is 25.9 Å². The minimum absolute atomic E-state index is 0.0951. The Hall–Kier alpha value is -2.37. The molecule has 0 radical (unpaired) electrons. The molecule has 1 aromatic carbocycles. The number of aromatic hydroxyl groups is 1. The Morgan fingerprint density at radius 2 is 1.83 bits per heavy atom. The van der Waals surface area contributed by atoms with E-state index in [1.807, 2.05) is 26.8 Å². The van der Waals surface area contributed by atoms with Crippen molar-refractivity contribution in [3.63, 3.8) is 0 Å². The van der Waals surface area contributed by atoms with Crippen LogP contribution in [0.15, 0.2) is 39.0 Å². The van der Waals surface area contributed by atoms with Crippen LogP contribution in [0.5, 0.6) is 5.75 Å². The van der Waals surface area contributed by atoms with Gasteiger partial charge in [0.1, 0.15) is 17.2 Å². The van der Waals surface area contributed by atoms with E-state index < -0.39 is 0 Å². The van der Waals surface area contributed by atoms with Gasteiger partial charge in [0, 0.05) is 36.3 Å². The number of phenols is 1. The van der Waals surface area contributed by atoms with Gasteiger partial charge in [0.25, 0.3) is 0 Å². The van der Waals surface area contributed by atoms with Crippen LogP contribution in [-0.4, -0.2) is 23.4 Å². The fourth-order valence-corrected chi connectivity index (χ4v) is 2.15. The van der Waals surface area contributed by atoms with E-state index in [4.69, 9.17) is 4.52 Å². The molecule has 0 saturated heterocycles. The van der Waals surface area contributed by atoms with E-state index in [-0.39, 0.29) is 11.2 Å². The lowest BCUT2D eigenvalue weighted by molar-refractivity contribution is 0.330.